The lowest BCUT2D eigenvalue weighted by Gasteiger charge is -2.17. The molecule has 1 unspecified atom stereocenters. The summed E-state index contributed by atoms with van der Waals surface area (Å²) in [6.45, 7) is 2.01. The maximum atomic E-state index is 6.28. The highest BCUT2D eigenvalue weighted by atomic mass is 35.5. The molecule has 0 spiro atoms. The summed E-state index contributed by atoms with van der Waals surface area (Å²) in [4.78, 5) is 0. The summed E-state index contributed by atoms with van der Waals surface area (Å²) in [6, 6.07) is 11.2. The van der Waals surface area contributed by atoms with Crippen LogP contribution in [0.4, 0.5) is 0 Å². The molecule has 0 aliphatic carbocycles. The van der Waals surface area contributed by atoms with Gasteiger partial charge in [0.1, 0.15) is 5.75 Å². The zero-order valence-corrected chi connectivity index (χ0v) is 13.0. The first-order valence-electron chi connectivity index (χ1n) is 6.35. The van der Waals surface area contributed by atoms with Crippen molar-refractivity contribution in [3.05, 3.63) is 63.1 Å². The highest BCUT2D eigenvalue weighted by Crippen LogP contribution is 2.30. The van der Waals surface area contributed by atoms with Crippen molar-refractivity contribution in [1.82, 2.24) is 0 Å². The first-order chi connectivity index (χ1) is 9.51. The third-order valence-corrected chi connectivity index (χ3v) is 3.83. The summed E-state index contributed by atoms with van der Waals surface area (Å²) in [5, 5.41) is 1.38. The molecule has 2 nitrogen and oxygen atoms in total. The maximum absolute atomic E-state index is 6.28. The predicted molar refractivity (Wildman–Crippen MR) is 84.8 cm³/mol. The second kappa shape index (κ2) is 6.49. The van der Waals surface area contributed by atoms with Crippen LogP contribution in [0.25, 0.3) is 0 Å². The van der Waals surface area contributed by atoms with Gasteiger partial charge in [-0.1, -0.05) is 35.3 Å². The van der Waals surface area contributed by atoms with Gasteiger partial charge in [0.15, 0.2) is 0 Å². The van der Waals surface area contributed by atoms with Crippen LogP contribution in [0, 0.1) is 6.92 Å². The molecule has 106 valence electrons. The van der Waals surface area contributed by atoms with Gasteiger partial charge in [0.2, 0.25) is 0 Å². The molecule has 0 aliphatic heterocycles. The molecule has 0 heterocycles. The lowest BCUT2D eigenvalue weighted by Crippen LogP contribution is -2.14. The summed E-state index contributed by atoms with van der Waals surface area (Å²) >= 11 is 12.3. The third kappa shape index (κ3) is 3.45. The van der Waals surface area contributed by atoms with Gasteiger partial charge in [0.25, 0.3) is 0 Å². The Labute approximate surface area is 129 Å². The summed E-state index contributed by atoms with van der Waals surface area (Å²) in [7, 11) is 1.62. The smallest absolute Gasteiger partial charge is 0.123 e. The quantitative estimate of drug-likeness (QED) is 0.899. The van der Waals surface area contributed by atoms with Gasteiger partial charge in [0.05, 0.1) is 7.11 Å². The number of benzene rings is 2. The van der Waals surface area contributed by atoms with Gasteiger partial charge in [-0.2, -0.15) is 0 Å². The van der Waals surface area contributed by atoms with E-state index in [1.165, 1.54) is 0 Å². The van der Waals surface area contributed by atoms with E-state index in [9.17, 15) is 0 Å². The van der Waals surface area contributed by atoms with Crippen molar-refractivity contribution in [3.63, 3.8) is 0 Å². The zero-order chi connectivity index (χ0) is 14.7. The molecule has 2 rings (SSSR count). The van der Waals surface area contributed by atoms with Crippen molar-refractivity contribution in [2.75, 3.05) is 7.11 Å². The van der Waals surface area contributed by atoms with E-state index < -0.39 is 0 Å². The summed E-state index contributed by atoms with van der Waals surface area (Å²) < 4.78 is 5.34. The summed E-state index contributed by atoms with van der Waals surface area (Å²) in [5.74, 6) is 0.741. The molecule has 0 bridgehead atoms. The van der Waals surface area contributed by atoms with Crippen LogP contribution in [0.3, 0.4) is 0 Å². The minimum Gasteiger partial charge on any atom is -0.496 e. The molecule has 2 aromatic carbocycles. The number of ether oxygens (including phenoxy) is 1. The van der Waals surface area contributed by atoms with E-state index in [1.54, 1.807) is 13.2 Å². The van der Waals surface area contributed by atoms with Gasteiger partial charge in [0, 0.05) is 21.7 Å². The molecule has 0 saturated carbocycles. The maximum Gasteiger partial charge on any atom is 0.123 e. The second-order valence-corrected chi connectivity index (χ2v) is 5.64. The average molecular weight is 310 g/mol. The Hall–Kier alpha value is -1.22. The molecule has 0 radical (unpaired) electrons. The fourth-order valence-electron chi connectivity index (χ4n) is 2.16. The van der Waals surface area contributed by atoms with Crippen LogP contribution >= 0.6 is 23.2 Å². The van der Waals surface area contributed by atoms with Crippen LogP contribution in [0.15, 0.2) is 36.4 Å². The topological polar surface area (TPSA) is 35.2 Å². The molecule has 2 N–H and O–H groups in total. The van der Waals surface area contributed by atoms with Crippen LogP contribution in [0.2, 0.25) is 10.0 Å². The number of hydrogen-bond donors (Lipinski definition) is 1. The van der Waals surface area contributed by atoms with Crippen LogP contribution in [-0.2, 0) is 6.42 Å². The standard InChI is InChI=1S/C16H17Cl2NO/c1-10-3-4-11(14(18)7-10)8-15(19)13-9-12(17)5-6-16(13)20-2/h3-7,9,15H,8,19H2,1-2H3. The number of hydrogen-bond acceptors (Lipinski definition) is 2. The molecule has 1 atom stereocenters. The SMILES string of the molecule is COc1ccc(Cl)cc1C(N)Cc1ccc(C)cc1Cl. The van der Waals surface area contributed by atoms with Gasteiger partial charge in [-0.15, -0.1) is 0 Å². The lowest BCUT2D eigenvalue weighted by atomic mass is 9.98. The molecule has 2 aromatic rings. The highest BCUT2D eigenvalue weighted by molar-refractivity contribution is 6.31. The Kier molecular flexibility index (Phi) is 4.92. The van der Waals surface area contributed by atoms with Crippen molar-refractivity contribution >= 4 is 23.2 Å². The minimum atomic E-state index is -0.219. The Morgan fingerprint density at radius 2 is 1.90 bits per heavy atom. The largest absolute Gasteiger partial charge is 0.496 e. The fraction of sp³-hybridized carbons (Fsp3) is 0.250. The number of nitrogens with two attached hydrogens (primary N) is 1. The van der Waals surface area contributed by atoms with E-state index in [2.05, 4.69) is 0 Å². The van der Waals surface area contributed by atoms with E-state index >= 15 is 0 Å². The number of rotatable bonds is 4. The minimum absolute atomic E-state index is 0.219. The Morgan fingerprint density at radius 1 is 1.15 bits per heavy atom. The predicted octanol–water partition coefficient (Wildman–Crippen LogP) is 4.55. The molecule has 0 fully saturated rings. The molecular weight excluding hydrogens is 293 g/mol. The molecule has 0 aliphatic rings. The Balaban J connectivity index is 2.27. The van der Waals surface area contributed by atoms with Gasteiger partial charge < -0.3 is 10.5 Å². The Morgan fingerprint density at radius 3 is 2.55 bits per heavy atom. The highest BCUT2D eigenvalue weighted by Gasteiger charge is 2.14. The molecule has 0 aromatic heterocycles. The van der Waals surface area contributed by atoms with Crippen LogP contribution in [0.5, 0.6) is 5.75 Å². The summed E-state index contributed by atoms with van der Waals surface area (Å²) in [6.07, 6.45) is 0.635. The first kappa shape index (κ1) is 15.2. The third-order valence-electron chi connectivity index (χ3n) is 3.24. The van der Waals surface area contributed by atoms with E-state index in [4.69, 9.17) is 33.7 Å². The van der Waals surface area contributed by atoms with Gasteiger partial charge in [-0.25, -0.2) is 0 Å². The molecule has 20 heavy (non-hydrogen) atoms. The summed E-state index contributed by atoms with van der Waals surface area (Å²) in [5.41, 5.74) is 9.32. The van der Waals surface area contributed by atoms with Crippen molar-refractivity contribution in [3.8, 4) is 5.75 Å². The van der Waals surface area contributed by atoms with Gasteiger partial charge in [-0.05, 0) is 48.7 Å². The van der Waals surface area contributed by atoms with Crippen molar-refractivity contribution in [1.29, 1.82) is 0 Å². The second-order valence-electron chi connectivity index (χ2n) is 4.79. The molecule has 0 amide bonds. The zero-order valence-electron chi connectivity index (χ0n) is 11.5. The fourth-order valence-corrected chi connectivity index (χ4v) is 2.65. The first-order valence-corrected chi connectivity index (χ1v) is 7.11. The van der Waals surface area contributed by atoms with E-state index in [0.717, 1.165) is 27.5 Å². The Bertz CT molecular complexity index is 613. The molecule has 0 saturated heterocycles. The van der Waals surface area contributed by atoms with Crippen molar-refractivity contribution in [2.45, 2.75) is 19.4 Å². The number of halogens is 2. The van der Waals surface area contributed by atoms with E-state index in [0.29, 0.717) is 11.4 Å². The monoisotopic (exact) mass is 309 g/mol. The van der Waals surface area contributed by atoms with Crippen LogP contribution in [0.1, 0.15) is 22.7 Å². The molecule has 4 heteroatoms. The van der Waals surface area contributed by atoms with Gasteiger partial charge in [-0.3, -0.25) is 0 Å². The molecular formula is C16H17Cl2NO. The van der Waals surface area contributed by atoms with Crippen LogP contribution < -0.4 is 10.5 Å². The number of aryl methyl sites for hydroxylation is 1. The lowest BCUT2D eigenvalue weighted by molar-refractivity contribution is 0.405. The van der Waals surface area contributed by atoms with Crippen molar-refractivity contribution in [2.24, 2.45) is 5.73 Å². The van der Waals surface area contributed by atoms with E-state index in [-0.39, 0.29) is 6.04 Å². The number of methoxy groups -OCH3 is 1. The van der Waals surface area contributed by atoms with Gasteiger partial charge >= 0.3 is 0 Å². The van der Waals surface area contributed by atoms with E-state index in [1.807, 2.05) is 37.3 Å². The van der Waals surface area contributed by atoms with Crippen molar-refractivity contribution < 1.29 is 4.74 Å². The normalized spacial score (nSPS) is 12.2. The average Bonchev–Trinajstić information content (AvgIpc) is 2.41. The van der Waals surface area contributed by atoms with Crippen LogP contribution in [-0.4, -0.2) is 7.11 Å².